The minimum absolute atomic E-state index is 0.0190. The van der Waals surface area contributed by atoms with Crippen LogP contribution in [-0.2, 0) is 9.53 Å². The number of aromatic nitrogens is 3. The van der Waals surface area contributed by atoms with Crippen LogP contribution in [0.15, 0.2) is 12.3 Å². The summed E-state index contributed by atoms with van der Waals surface area (Å²) in [6.45, 7) is 7.03. The summed E-state index contributed by atoms with van der Waals surface area (Å²) in [5, 5.41) is 4.22. The highest BCUT2D eigenvalue weighted by Crippen LogP contribution is 2.08. The zero-order chi connectivity index (χ0) is 11.4. The van der Waals surface area contributed by atoms with Crippen molar-refractivity contribution >= 4 is 5.97 Å². The van der Waals surface area contributed by atoms with Crippen LogP contribution in [0.1, 0.15) is 31.5 Å². The highest BCUT2D eigenvalue weighted by Gasteiger charge is 2.07. The zero-order valence-corrected chi connectivity index (χ0v) is 9.39. The molecule has 1 unspecified atom stereocenters. The molecule has 0 N–H and O–H groups in total. The molecule has 0 spiro atoms. The molecule has 0 saturated carbocycles. The minimum atomic E-state index is -0.329. The third kappa shape index (κ3) is 3.19. The Hall–Kier alpha value is -1.65. The fraction of sp³-hybridized carbons (Fsp3) is 0.500. The van der Waals surface area contributed by atoms with E-state index in [2.05, 4.69) is 10.1 Å². The molecule has 0 aliphatic heterocycles. The standard InChI is InChI=1S/C10H15N3O2/c1-7(5-6-15-10(4)14)13-9(3)11-8(2)12-13/h5-7H,1-4H3/b6-5-. The van der Waals surface area contributed by atoms with Gasteiger partial charge in [0.05, 0.1) is 12.3 Å². The summed E-state index contributed by atoms with van der Waals surface area (Å²) in [5.41, 5.74) is 0. The number of rotatable bonds is 3. The number of hydrogen-bond acceptors (Lipinski definition) is 4. The Labute approximate surface area is 88.8 Å². The van der Waals surface area contributed by atoms with Gasteiger partial charge in [-0.25, -0.2) is 9.67 Å². The number of carbonyl (C=O) groups is 1. The van der Waals surface area contributed by atoms with Crippen molar-refractivity contribution in [2.45, 2.75) is 33.7 Å². The fourth-order valence-electron chi connectivity index (χ4n) is 1.25. The summed E-state index contributed by atoms with van der Waals surface area (Å²) in [6, 6.07) is 0.0190. The van der Waals surface area contributed by atoms with Crippen molar-refractivity contribution < 1.29 is 9.53 Å². The third-order valence-electron chi connectivity index (χ3n) is 1.88. The average molecular weight is 209 g/mol. The molecular formula is C10H15N3O2. The van der Waals surface area contributed by atoms with E-state index in [0.29, 0.717) is 0 Å². The normalized spacial score (nSPS) is 13.1. The van der Waals surface area contributed by atoms with Crippen molar-refractivity contribution in [3.63, 3.8) is 0 Å². The van der Waals surface area contributed by atoms with Gasteiger partial charge in [0.25, 0.3) is 0 Å². The Morgan fingerprint density at radius 2 is 2.20 bits per heavy atom. The number of nitrogens with zero attached hydrogens (tertiary/aromatic N) is 3. The van der Waals surface area contributed by atoms with E-state index in [9.17, 15) is 4.79 Å². The maximum Gasteiger partial charge on any atom is 0.307 e. The van der Waals surface area contributed by atoms with Crippen LogP contribution in [0.4, 0.5) is 0 Å². The molecule has 0 saturated heterocycles. The Bertz CT molecular complexity index is 382. The average Bonchev–Trinajstić information content (AvgIpc) is 2.44. The summed E-state index contributed by atoms with van der Waals surface area (Å²) >= 11 is 0. The molecular weight excluding hydrogens is 194 g/mol. The lowest BCUT2D eigenvalue weighted by Crippen LogP contribution is -2.07. The number of allylic oxidation sites excluding steroid dienone is 1. The van der Waals surface area contributed by atoms with Crippen molar-refractivity contribution in [2.24, 2.45) is 0 Å². The van der Waals surface area contributed by atoms with E-state index < -0.39 is 0 Å². The highest BCUT2D eigenvalue weighted by atomic mass is 16.5. The minimum Gasteiger partial charge on any atom is -0.435 e. The first-order chi connectivity index (χ1) is 7.00. The summed E-state index contributed by atoms with van der Waals surface area (Å²) in [5.74, 6) is 1.25. The van der Waals surface area contributed by atoms with Crippen molar-refractivity contribution in [3.05, 3.63) is 24.0 Å². The van der Waals surface area contributed by atoms with Crippen LogP contribution in [0.3, 0.4) is 0 Å². The maximum atomic E-state index is 10.5. The van der Waals surface area contributed by atoms with Gasteiger partial charge < -0.3 is 4.74 Å². The van der Waals surface area contributed by atoms with Crippen molar-refractivity contribution in [2.75, 3.05) is 0 Å². The van der Waals surface area contributed by atoms with Gasteiger partial charge in [-0.3, -0.25) is 4.79 Å². The molecule has 5 nitrogen and oxygen atoms in total. The molecule has 0 aliphatic carbocycles. The van der Waals surface area contributed by atoms with Crippen LogP contribution in [0.2, 0.25) is 0 Å². The van der Waals surface area contributed by atoms with E-state index >= 15 is 0 Å². The van der Waals surface area contributed by atoms with Crippen LogP contribution >= 0.6 is 0 Å². The smallest absolute Gasteiger partial charge is 0.307 e. The monoisotopic (exact) mass is 209 g/mol. The van der Waals surface area contributed by atoms with Gasteiger partial charge in [-0.15, -0.1) is 0 Å². The summed E-state index contributed by atoms with van der Waals surface area (Å²) in [4.78, 5) is 14.7. The number of aryl methyl sites for hydroxylation is 2. The Morgan fingerprint density at radius 3 is 2.67 bits per heavy atom. The van der Waals surface area contributed by atoms with Crippen molar-refractivity contribution in [1.82, 2.24) is 14.8 Å². The van der Waals surface area contributed by atoms with Gasteiger partial charge in [-0.2, -0.15) is 5.10 Å². The molecule has 5 heteroatoms. The van der Waals surface area contributed by atoms with Crippen molar-refractivity contribution in [1.29, 1.82) is 0 Å². The predicted molar refractivity (Wildman–Crippen MR) is 55.1 cm³/mol. The van der Waals surface area contributed by atoms with E-state index in [-0.39, 0.29) is 12.0 Å². The Morgan fingerprint density at radius 1 is 1.53 bits per heavy atom. The second-order valence-electron chi connectivity index (χ2n) is 3.33. The molecule has 1 atom stereocenters. The van der Waals surface area contributed by atoms with Gasteiger partial charge in [0.2, 0.25) is 0 Å². The van der Waals surface area contributed by atoms with Crippen LogP contribution in [0.25, 0.3) is 0 Å². The molecule has 1 rings (SSSR count). The van der Waals surface area contributed by atoms with Gasteiger partial charge in [-0.05, 0) is 26.8 Å². The van der Waals surface area contributed by atoms with Gasteiger partial charge in [0.15, 0.2) is 0 Å². The van der Waals surface area contributed by atoms with E-state index in [1.807, 2.05) is 20.8 Å². The molecule has 0 aromatic carbocycles. The molecule has 0 radical (unpaired) electrons. The van der Waals surface area contributed by atoms with Crippen LogP contribution in [0, 0.1) is 13.8 Å². The first-order valence-electron chi connectivity index (χ1n) is 4.74. The van der Waals surface area contributed by atoms with Crippen LogP contribution in [0.5, 0.6) is 0 Å². The first kappa shape index (κ1) is 11.4. The number of hydrogen-bond donors (Lipinski definition) is 0. The molecule has 0 bridgehead atoms. The van der Waals surface area contributed by atoms with Gasteiger partial charge in [0, 0.05) is 6.92 Å². The summed E-state index contributed by atoms with van der Waals surface area (Å²) in [7, 11) is 0. The molecule has 15 heavy (non-hydrogen) atoms. The molecule has 0 fully saturated rings. The molecule has 1 aromatic heterocycles. The SMILES string of the molecule is CC(=O)O/C=C\C(C)n1nc(C)nc1C. The van der Waals surface area contributed by atoms with Crippen molar-refractivity contribution in [3.8, 4) is 0 Å². The molecule has 1 heterocycles. The van der Waals surface area contributed by atoms with Gasteiger partial charge in [0.1, 0.15) is 11.6 Å². The fourth-order valence-corrected chi connectivity index (χ4v) is 1.25. The van der Waals surface area contributed by atoms with Gasteiger partial charge in [-0.1, -0.05) is 0 Å². The molecule has 0 aliphatic rings. The Balaban J connectivity index is 2.68. The summed E-state index contributed by atoms with van der Waals surface area (Å²) < 4.78 is 6.47. The van der Waals surface area contributed by atoms with E-state index in [1.54, 1.807) is 10.8 Å². The van der Waals surface area contributed by atoms with Crippen LogP contribution in [-0.4, -0.2) is 20.7 Å². The van der Waals surface area contributed by atoms with E-state index in [0.717, 1.165) is 11.6 Å². The summed E-state index contributed by atoms with van der Waals surface area (Å²) in [6.07, 6.45) is 3.13. The quantitative estimate of drug-likeness (QED) is 0.559. The highest BCUT2D eigenvalue weighted by molar-refractivity contribution is 5.66. The molecule has 0 amide bonds. The topological polar surface area (TPSA) is 57.0 Å². The third-order valence-corrected chi connectivity index (χ3v) is 1.88. The van der Waals surface area contributed by atoms with E-state index in [4.69, 9.17) is 4.74 Å². The van der Waals surface area contributed by atoms with E-state index in [1.165, 1.54) is 13.2 Å². The zero-order valence-electron chi connectivity index (χ0n) is 9.39. The second-order valence-corrected chi connectivity index (χ2v) is 3.33. The molecule has 1 aromatic rings. The first-order valence-corrected chi connectivity index (χ1v) is 4.74. The van der Waals surface area contributed by atoms with Gasteiger partial charge >= 0.3 is 5.97 Å². The number of esters is 1. The molecule has 82 valence electrons. The Kier molecular flexibility index (Phi) is 3.60. The largest absolute Gasteiger partial charge is 0.435 e. The lowest BCUT2D eigenvalue weighted by atomic mass is 10.3. The lowest BCUT2D eigenvalue weighted by molar-refractivity contribution is -0.135. The maximum absolute atomic E-state index is 10.5. The number of ether oxygens (including phenoxy) is 1. The second kappa shape index (κ2) is 4.72. The van der Waals surface area contributed by atoms with Crippen LogP contribution < -0.4 is 0 Å². The lowest BCUT2D eigenvalue weighted by Gasteiger charge is -2.07. The predicted octanol–water partition coefficient (Wildman–Crippen LogP) is 1.53. The number of carbonyl (C=O) groups excluding carboxylic acids is 1.